The molecular formula is C9H28OSi5. The van der Waals surface area contributed by atoms with E-state index in [0.29, 0.717) is 0 Å². The lowest BCUT2D eigenvalue weighted by Gasteiger charge is -2.61. The first-order valence-electron chi connectivity index (χ1n) is 6.06. The fourth-order valence-electron chi connectivity index (χ4n) is 2.80. The van der Waals surface area contributed by atoms with Gasteiger partial charge in [-0.3, -0.25) is 0 Å². The summed E-state index contributed by atoms with van der Waals surface area (Å²) in [7, 11) is -5.18. The highest BCUT2D eigenvalue weighted by Crippen LogP contribution is 2.41. The summed E-state index contributed by atoms with van der Waals surface area (Å²) in [4.78, 5) is 0. The fraction of sp³-hybridized carbons (Fsp3) is 1.00. The molecule has 1 atom stereocenters. The summed E-state index contributed by atoms with van der Waals surface area (Å²) in [6.07, 6.45) is 0. The van der Waals surface area contributed by atoms with E-state index >= 15 is 0 Å². The van der Waals surface area contributed by atoms with Gasteiger partial charge in [0.25, 0.3) is 0 Å². The van der Waals surface area contributed by atoms with Gasteiger partial charge in [-0.15, -0.1) is 0 Å². The Morgan fingerprint density at radius 1 is 0.733 bits per heavy atom. The first kappa shape index (κ1) is 14.1. The lowest BCUT2D eigenvalue weighted by atomic mass is 11.9. The van der Waals surface area contributed by atoms with E-state index in [1.54, 1.807) is 0 Å². The van der Waals surface area contributed by atoms with Crippen molar-refractivity contribution in [2.45, 2.75) is 58.9 Å². The molecule has 1 unspecified atom stereocenters. The monoisotopic (exact) mass is 292 g/mol. The van der Waals surface area contributed by atoms with E-state index in [2.05, 4.69) is 58.9 Å². The maximum Gasteiger partial charge on any atom is 0.156 e. The van der Waals surface area contributed by atoms with E-state index in [-0.39, 0.29) is 0 Å². The van der Waals surface area contributed by atoms with Gasteiger partial charge in [-0.25, -0.2) is 0 Å². The smallest absolute Gasteiger partial charge is 0.156 e. The van der Waals surface area contributed by atoms with Crippen LogP contribution in [0.4, 0.5) is 0 Å². The topological polar surface area (TPSA) is 9.23 Å². The molecule has 1 rings (SSSR count). The van der Waals surface area contributed by atoms with Crippen LogP contribution in [0.2, 0.25) is 58.9 Å². The van der Waals surface area contributed by atoms with Crippen molar-refractivity contribution >= 4 is 37.7 Å². The molecule has 0 saturated carbocycles. The molecule has 0 N–H and O–H groups in total. The minimum absolute atomic E-state index is 0.839. The Morgan fingerprint density at radius 3 is 1.53 bits per heavy atom. The Kier molecular flexibility index (Phi) is 3.31. The van der Waals surface area contributed by atoms with E-state index in [4.69, 9.17) is 4.12 Å². The third-order valence-corrected chi connectivity index (χ3v) is 95.1. The Balaban J connectivity index is 3.30. The predicted molar refractivity (Wildman–Crippen MR) is 84.0 cm³/mol. The highest BCUT2D eigenvalue weighted by Gasteiger charge is 2.66. The van der Waals surface area contributed by atoms with Gasteiger partial charge in [-0.2, -0.15) is 0 Å². The quantitative estimate of drug-likeness (QED) is 0.624. The second-order valence-corrected chi connectivity index (χ2v) is 56.4. The van der Waals surface area contributed by atoms with Crippen molar-refractivity contribution < 1.29 is 4.12 Å². The SMILES string of the molecule is C[SiH]1O[Si](C)(C)[Si](C)(C)[Si](C)(C)[Si]1(C)C. The van der Waals surface area contributed by atoms with Gasteiger partial charge in [0.2, 0.25) is 0 Å². The van der Waals surface area contributed by atoms with Crippen LogP contribution >= 0.6 is 0 Å². The maximum absolute atomic E-state index is 6.68. The van der Waals surface area contributed by atoms with Crippen molar-refractivity contribution in [3.05, 3.63) is 0 Å². The molecular weight excluding hydrogens is 265 g/mol. The van der Waals surface area contributed by atoms with Gasteiger partial charge in [-0.05, 0) is 13.1 Å². The van der Waals surface area contributed by atoms with E-state index in [1.807, 2.05) is 0 Å². The minimum atomic E-state index is -1.31. The van der Waals surface area contributed by atoms with Gasteiger partial charge in [-0.1, -0.05) is 45.8 Å². The third-order valence-electron chi connectivity index (χ3n) is 6.17. The van der Waals surface area contributed by atoms with Crippen LogP contribution in [0.25, 0.3) is 0 Å². The van der Waals surface area contributed by atoms with Crippen molar-refractivity contribution in [3.63, 3.8) is 0 Å². The van der Waals surface area contributed by atoms with E-state index < -0.39 is 37.7 Å². The van der Waals surface area contributed by atoms with E-state index in [9.17, 15) is 0 Å². The molecule has 1 aliphatic rings. The number of hydrogen-bond donors (Lipinski definition) is 0. The molecule has 90 valence electrons. The van der Waals surface area contributed by atoms with Crippen LogP contribution in [0.1, 0.15) is 0 Å². The lowest BCUT2D eigenvalue weighted by Crippen LogP contribution is -2.88. The van der Waals surface area contributed by atoms with Crippen molar-refractivity contribution in [2.24, 2.45) is 0 Å². The van der Waals surface area contributed by atoms with Crippen LogP contribution in [-0.4, -0.2) is 37.7 Å². The second kappa shape index (κ2) is 3.52. The van der Waals surface area contributed by atoms with Crippen molar-refractivity contribution in [2.75, 3.05) is 0 Å². The van der Waals surface area contributed by atoms with Gasteiger partial charge in [0.05, 0.1) is 14.2 Å². The molecule has 1 nitrogen and oxygen atoms in total. The molecule has 0 aromatic heterocycles. The van der Waals surface area contributed by atoms with Crippen LogP contribution in [0.15, 0.2) is 0 Å². The van der Waals surface area contributed by atoms with Crippen LogP contribution < -0.4 is 0 Å². The summed E-state index contributed by atoms with van der Waals surface area (Å²) in [5.74, 6) is 0. The summed E-state index contributed by atoms with van der Waals surface area (Å²) >= 11 is 0. The normalized spacial score (nSPS) is 36.2. The molecule has 6 heteroatoms. The molecule has 0 aromatic rings. The number of hydrogen-bond acceptors (Lipinski definition) is 1. The van der Waals surface area contributed by atoms with Gasteiger partial charge >= 0.3 is 0 Å². The van der Waals surface area contributed by atoms with Gasteiger partial charge in [0.1, 0.15) is 8.56 Å². The zero-order valence-electron chi connectivity index (χ0n) is 12.0. The molecule has 15 heavy (non-hydrogen) atoms. The zero-order chi connectivity index (χ0) is 12.3. The van der Waals surface area contributed by atoms with Crippen LogP contribution in [0, 0.1) is 0 Å². The fourth-order valence-corrected chi connectivity index (χ4v) is 112. The average Bonchev–Trinajstić information content (AvgIpc) is 2.00. The molecule has 0 aromatic carbocycles. The molecule has 0 spiro atoms. The van der Waals surface area contributed by atoms with E-state index in [1.165, 1.54) is 0 Å². The highest BCUT2D eigenvalue weighted by molar-refractivity contribution is 7.91. The van der Waals surface area contributed by atoms with Crippen molar-refractivity contribution in [1.29, 1.82) is 0 Å². The summed E-state index contributed by atoms with van der Waals surface area (Å²) in [6.45, 7) is 23.6. The standard InChI is InChI=1S/C9H28OSi5/c1-11-10-12(2,3)14(6,7)15(8,9)13(11,4)5/h11H,1-9H3. The van der Waals surface area contributed by atoms with Gasteiger partial charge in [0, 0.05) is 7.11 Å². The summed E-state index contributed by atoms with van der Waals surface area (Å²) in [5, 5.41) is 0. The first-order valence-corrected chi connectivity index (χ1v) is 24.4. The largest absolute Gasteiger partial charge is 0.463 e. The lowest BCUT2D eigenvalue weighted by molar-refractivity contribution is 0.604. The predicted octanol–water partition coefficient (Wildman–Crippen LogP) is 3.01. The Labute approximate surface area is 101 Å². The first-order chi connectivity index (χ1) is 6.38. The summed E-state index contributed by atoms with van der Waals surface area (Å²) in [6, 6.07) is 0. The Morgan fingerprint density at radius 2 is 1.13 bits per heavy atom. The molecule has 0 bridgehead atoms. The zero-order valence-corrected chi connectivity index (χ0v) is 17.1. The van der Waals surface area contributed by atoms with Gasteiger partial charge < -0.3 is 4.12 Å². The Hall–Kier alpha value is 1.04. The summed E-state index contributed by atoms with van der Waals surface area (Å²) in [5.41, 5.74) is 0. The molecule has 1 fully saturated rings. The van der Waals surface area contributed by atoms with Crippen LogP contribution in [0.3, 0.4) is 0 Å². The molecule has 0 radical (unpaired) electrons. The Bertz CT molecular complexity index is 272. The van der Waals surface area contributed by atoms with Crippen LogP contribution in [0.5, 0.6) is 0 Å². The molecule has 1 heterocycles. The van der Waals surface area contributed by atoms with Crippen LogP contribution in [-0.2, 0) is 4.12 Å². The van der Waals surface area contributed by atoms with Crippen molar-refractivity contribution in [1.82, 2.24) is 0 Å². The maximum atomic E-state index is 6.68. The minimum Gasteiger partial charge on any atom is -0.463 e. The number of rotatable bonds is 0. The molecule has 0 aliphatic carbocycles. The summed E-state index contributed by atoms with van der Waals surface area (Å²) < 4.78 is 6.68. The van der Waals surface area contributed by atoms with E-state index in [0.717, 1.165) is 0 Å². The molecule has 1 saturated heterocycles. The molecule has 1 aliphatic heterocycles. The second-order valence-electron chi connectivity index (χ2n) is 7.24. The van der Waals surface area contributed by atoms with Crippen molar-refractivity contribution in [3.8, 4) is 0 Å². The van der Waals surface area contributed by atoms with Gasteiger partial charge in [0.15, 0.2) is 7.83 Å². The third kappa shape index (κ3) is 1.68. The highest BCUT2D eigenvalue weighted by atomic mass is 30.0. The average molecular weight is 293 g/mol. The molecule has 0 amide bonds.